The zero-order valence-corrected chi connectivity index (χ0v) is 6.95. The molecule has 1 atom stereocenters. The van der Waals surface area contributed by atoms with Crippen LogP contribution in [0.15, 0.2) is 0 Å². The molecule has 0 saturated carbocycles. The smallest absolute Gasteiger partial charge is 0.151 e. The summed E-state index contributed by atoms with van der Waals surface area (Å²) in [7, 11) is -2.68. The Bertz CT molecular complexity index is 198. The average molecular weight is 163 g/mol. The van der Waals surface area contributed by atoms with E-state index in [1.807, 2.05) is 6.92 Å². The van der Waals surface area contributed by atoms with Gasteiger partial charge in [0.15, 0.2) is 9.84 Å². The Hall–Kier alpha value is -0.0900. The largest absolute Gasteiger partial charge is 0.313 e. The second kappa shape index (κ2) is 2.88. The van der Waals surface area contributed by atoms with Crippen LogP contribution in [0, 0.1) is 0 Å². The highest BCUT2D eigenvalue weighted by Crippen LogP contribution is 2.10. The fourth-order valence-electron chi connectivity index (χ4n) is 1.24. The molecular weight excluding hydrogens is 150 g/mol. The van der Waals surface area contributed by atoms with E-state index in [1.165, 1.54) is 0 Å². The maximum absolute atomic E-state index is 10.9. The first kappa shape index (κ1) is 8.01. The molecule has 1 saturated heterocycles. The number of hydrogen-bond acceptors (Lipinski definition) is 3. The fourth-order valence-corrected chi connectivity index (χ4v) is 2.95. The van der Waals surface area contributed by atoms with Crippen molar-refractivity contribution < 1.29 is 8.42 Å². The summed E-state index contributed by atoms with van der Waals surface area (Å²) in [4.78, 5) is 0. The van der Waals surface area contributed by atoms with E-state index >= 15 is 0 Å². The fraction of sp³-hybridized carbons (Fsp3) is 1.00. The van der Waals surface area contributed by atoms with Gasteiger partial charge in [-0.15, -0.1) is 0 Å². The monoisotopic (exact) mass is 163 g/mol. The molecule has 0 aromatic rings. The lowest BCUT2D eigenvalue weighted by molar-refractivity contribution is 0.572. The maximum atomic E-state index is 10.9. The zero-order valence-electron chi connectivity index (χ0n) is 6.13. The van der Waals surface area contributed by atoms with Gasteiger partial charge in [0.25, 0.3) is 0 Å². The molecule has 4 heteroatoms. The standard InChI is InChI=1S/C6H13NO2S/c1-2-7-6-3-4-10(8,9)5-6/h6-7H,2-5H2,1H3/t6-/m1/s1. The molecule has 0 amide bonds. The Kier molecular flexibility index (Phi) is 2.31. The summed E-state index contributed by atoms with van der Waals surface area (Å²) in [5.41, 5.74) is 0. The van der Waals surface area contributed by atoms with Crippen LogP contribution in [0.4, 0.5) is 0 Å². The van der Waals surface area contributed by atoms with Crippen molar-refractivity contribution in [3.8, 4) is 0 Å². The van der Waals surface area contributed by atoms with Gasteiger partial charge in [-0.2, -0.15) is 0 Å². The highest BCUT2D eigenvalue weighted by atomic mass is 32.2. The van der Waals surface area contributed by atoms with Gasteiger partial charge >= 0.3 is 0 Å². The third-order valence-electron chi connectivity index (χ3n) is 1.73. The van der Waals surface area contributed by atoms with Crippen molar-refractivity contribution >= 4 is 9.84 Å². The Labute approximate surface area is 61.7 Å². The normalized spacial score (nSPS) is 30.7. The molecule has 0 unspecified atom stereocenters. The number of nitrogens with one attached hydrogen (secondary N) is 1. The van der Waals surface area contributed by atoms with Crippen LogP contribution in [-0.2, 0) is 9.84 Å². The molecule has 1 N–H and O–H groups in total. The summed E-state index contributed by atoms with van der Waals surface area (Å²) in [6.07, 6.45) is 0.788. The first-order valence-electron chi connectivity index (χ1n) is 3.58. The minimum absolute atomic E-state index is 0.218. The first-order valence-corrected chi connectivity index (χ1v) is 5.40. The summed E-state index contributed by atoms with van der Waals surface area (Å²) in [5.74, 6) is 0.700. The van der Waals surface area contributed by atoms with Crippen LogP contribution >= 0.6 is 0 Å². The van der Waals surface area contributed by atoms with E-state index in [1.54, 1.807) is 0 Å². The minimum atomic E-state index is -2.68. The summed E-state index contributed by atoms with van der Waals surface area (Å²) in [5, 5.41) is 3.12. The van der Waals surface area contributed by atoms with E-state index in [2.05, 4.69) is 5.32 Å². The van der Waals surface area contributed by atoms with Gasteiger partial charge in [0.05, 0.1) is 11.5 Å². The van der Waals surface area contributed by atoms with Crippen LogP contribution in [0.1, 0.15) is 13.3 Å². The summed E-state index contributed by atoms with van der Waals surface area (Å²) in [6.45, 7) is 2.85. The molecule has 0 radical (unpaired) electrons. The van der Waals surface area contributed by atoms with Crippen molar-refractivity contribution in [2.45, 2.75) is 19.4 Å². The SMILES string of the molecule is CCN[C@@H]1CCS(=O)(=O)C1. The molecule has 0 bridgehead atoms. The van der Waals surface area contributed by atoms with E-state index in [0.29, 0.717) is 11.5 Å². The molecule has 0 aliphatic carbocycles. The lowest BCUT2D eigenvalue weighted by Crippen LogP contribution is -2.29. The molecule has 0 aromatic heterocycles. The minimum Gasteiger partial charge on any atom is -0.313 e. The number of rotatable bonds is 2. The molecule has 60 valence electrons. The van der Waals surface area contributed by atoms with E-state index in [4.69, 9.17) is 0 Å². The van der Waals surface area contributed by atoms with E-state index in [0.717, 1.165) is 13.0 Å². The van der Waals surface area contributed by atoms with Gasteiger partial charge in [0, 0.05) is 6.04 Å². The first-order chi connectivity index (χ1) is 4.64. The third kappa shape index (κ3) is 1.95. The van der Waals surface area contributed by atoms with Gasteiger partial charge in [0.1, 0.15) is 0 Å². The van der Waals surface area contributed by atoms with E-state index < -0.39 is 9.84 Å². The summed E-state index contributed by atoms with van der Waals surface area (Å²) >= 11 is 0. The van der Waals surface area contributed by atoms with Crippen LogP contribution in [0.25, 0.3) is 0 Å². The van der Waals surface area contributed by atoms with Crippen LogP contribution in [0.3, 0.4) is 0 Å². The quantitative estimate of drug-likeness (QED) is 0.612. The second-order valence-corrected chi connectivity index (χ2v) is 4.89. The molecule has 0 aromatic carbocycles. The lowest BCUT2D eigenvalue weighted by atomic mass is 10.3. The Morgan fingerprint density at radius 3 is 2.70 bits per heavy atom. The molecule has 1 fully saturated rings. The number of sulfone groups is 1. The predicted molar refractivity (Wildman–Crippen MR) is 40.7 cm³/mol. The van der Waals surface area contributed by atoms with Gasteiger partial charge in [-0.05, 0) is 13.0 Å². The highest BCUT2D eigenvalue weighted by molar-refractivity contribution is 7.91. The topological polar surface area (TPSA) is 46.2 Å². The second-order valence-electron chi connectivity index (χ2n) is 2.66. The Morgan fingerprint density at radius 1 is 1.60 bits per heavy atom. The van der Waals surface area contributed by atoms with E-state index in [-0.39, 0.29) is 6.04 Å². The predicted octanol–water partition coefficient (Wildman–Crippen LogP) is -0.217. The lowest BCUT2D eigenvalue weighted by Gasteiger charge is -2.05. The molecular formula is C6H13NO2S. The number of hydrogen-bond donors (Lipinski definition) is 1. The molecule has 1 heterocycles. The van der Waals surface area contributed by atoms with Crippen LogP contribution in [0.5, 0.6) is 0 Å². The molecule has 1 aliphatic heterocycles. The molecule has 3 nitrogen and oxygen atoms in total. The van der Waals surface area contributed by atoms with Gasteiger partial charge in [-0.25, -0.2) is 8.42 Å². The Morgan fingerprint density at radius 2 is 2.30 bits per heavy atom. The maximum Gasteiger partial charge on any atom is 0.151 e. The van der Waals surface area contributed by atoms with Crippen LogP contribution in [-0.4, -0.2) is 32.5 Å². The molecule has 0 spiro atoms. The van der Waals surface area contributed by atoms with Crippen LogP contribution < -0.4 is 5.32 Å². The Balaban J connectivity index is 2.44. The average Bonchev–Trinajstić information content (AvgIpc) is 2.12. The van der Waals surface area contributed by atoms with Crippen molar-refractivity contribution in [1.29, 1.82) is 0 Å². The highest BCUT2D eigenvalue weighted by Gasteiger charge is 2.26. The van der Waals surface area contributed by atoms with Crippen molar-refractivity contribution in [3.63, 3.8) is 0 Å². The van der Waals surface area contributed by atoms with Gasteiger partial charge in [0.2, 0.25) is 0 Å². The molecule has 1 aliphatic rings. The van der Waals surface area contributed by atoms with Gasteiger partial charge in [-0.3, -0.25) is 0 Å². The zero-order chi connectivity index (χ0) is 7.61. The summed E-state index contributed by atoms with van der Waals surface area (Å²) < 4.78 is 21.8. The third-order valence-corrected chi connectivity index (χ3v) is 3.49. The van der Waals surface area contributed by atoms with Crippen molar-refractivity contribution in [2.75, 3.05) is 18.1 Å². The van der Waals surface area contributed by atoms with Crippen molar-refractivity contribution in [3.05, 3.63) is 0 Å². The van der Waals surface area contributed by atoms with E-state index in [9.17, 15) is 8.42 Å². The van der Waals surface area contributed by atoms with Crippen LogP contribution in [0.2, 0.25) is 0 Å². The van der Waals surface area contributed by atoms with Gasteiger partial charge < -0.3 is 5.32 Å². The van der Waals surface area contributed by atoms with Crippen molar-refractivity contribution in [1.82, 2.24) is 5.32 Å². The summed E-state index contributed by atoms with van der Waals surface area (Å²) in [6, 6.07) is 0.218. The van der Waals surface area contributed by atoms with Crippen molar-refractivity contribution in [2.24, 2.45) is 0 Å². The van der Waals surface area contributed by atoms with Gasteiger partial charge in [-0.1, -0.05) is 6.92 Å². The molecule has 1 rings (SSSR count). The molecule has 10 heavy (non-hydrogen) atoms.